The maximum Gasteiger partial charge on any atom is 0.255 e. The van der Waals surface area contributed by atoms with E-state index >= 15 is 0 Å². The summed E-state index contributed by atoms with van der Waals surface area (Å²) in [6, 6.07) is 0. The van der Waals surface area contributed by atoms with E-state index in [2.05, 4.69) is 20.3 Å². The molecule has 1 saturated heterocycles. The van der Waals surface area contributed by atoms with Crippen LogP contribution in [0.25, 0.3) is 11.2 Å². The molecule has 1 amide bonds. The Morgan fingerprint density at radius 3 is 2.92 bits per heavy atom. The number of aromatic amines is 1. The van der Waals surface area contributed by atoms with Gasteiger partial charge >= 0.3 is 0 Å². The van der Waals surface area contributed by atoms with E-state index in [0.717, 1.165) is 18.5 Å². The number of fused-ring (bicyclic) bond motifs is 1. The van der Waals surface area contributed by atoms with Crippen LogP contribution in [0.5, 0.6) is 0 Å². The van der Waals surface area contributed by atoms with Gasteiger partial charge in [0.15, 0.2) is 5.65 Å². The van der Waals surface area contributed by atoms with Gasteiger partial charge < -0.3 is 20.1 Å². The van der Waals surface area contributed by atoms with Gasteiger partial charge in [-0.1, -0.05) is 0 Å². The Morgan fingerprint density at radius 2 is 2.29 bits per heavy atom. The highest BCUT2D eigenvalue weighted by atomic mass is 16.5. The molecule has 1 atom stereocenters. The number of nitrogens with one attached hydrogen (secondary N) is 2. The molecule has 2 fully saturated rings. The summed E-state index contributed by atoms with van der Waals surface area (Å²) in [5.41, 5.74) is 0.699. The van der Waals surface area contributed by atoms with Crippen LogP contribution in [-0.4, -0.2) is 50.3 Å². The number of aliphatic hydroxyl groups is 1. The largest absolute Gasteiger partial charge is 0.388 e. The summed E-state index contributed by atoms with van der Waals surface area (Å²) in [5, 5.41) is 13.5. The van der Waals surface area contributed by atoms with Crippen molar-refractivity contribution in [2.75, 3.05) is 13.2 Å². The van der Waals surface area contributed by atoms with Gasteiger partial charge in [0.2, 0.25) is 0 Å². The fraction of sp³-hybridized carbons (Fsp3) is 0.588. The number of nitrogens with zero attached hydrogens (tertiary/aromatic N) is 2. The number of hydrogen-bond acceptors (Lipinski definition) is 5. The lowest BCUT2D eigenvalue weighted by Crippen LogP contribution is -2.62. The quantitative estimate of drug-likeness (QED) is 0.789. The first-order valence-electron chi connectivity index (χ1n) is 8.36. The number of aromatic nitrogens is 3. The number of carbonyl (C=O) groups is 1. The second kappa shape index (κ2) is 5.26. The molecule has 128 valence electrons. The number of hydrogen-bond donors (Lipinski definition) is 3. The van der Waals surface area contributed by atoms with Crippen LogP contribution in [-0.2, 0) is 4.74 Å². The molecule has 1 aliphatic heterocycles. The van der Waals surface area contributed by atoms with Crippen molar-refractivity contribution in [3.8, 4) is 0 Å². The summed E-state index contributed by atoms with van der Waals surface area (Å²) < 4.78 is 5.44. The van der Waals surface area contributed by atoms with Crippen molar-refractivity contribution in [1.82, 2.24) is 20.3 Å². The SMILES string of the molecule is CC(C)(O)C1(NC(=O)c2c[nH]c3ncc(C4CC4)nc23)CCOC1. The van der Waals surface area contributed by atoms with Crippen LogP contribution in [0.4, 0.5) is 0 Å². The number of H-pyrrole nitrogens is 1. The van der Waals surface area contributed by atoms with Crippen molar-refractivity contribution in [2.24, 2.45) is 0 Å². The van der Waals surface area contributed by atoms with E-state index in [1.807, 2.05) is 0 Å². The normalized spacial score (nSPS) is 24.5. The molecule has 1 aliphatic carbocycles. The molecule has 2 aliphatic rings. The Kier molecular flexibility index (Phi) is 3.40. The second-order valence-electron chi connectivity index (χ2n) is 7.37. The van der Waals surface area contributed by atoms with Crippen LogP contribution < -0.4 is 5.32 Å². The Balaban J connectivity index is 1.66. The molecule has 1 unspecified atom stereocenters. The van der Waals surface area contributed by atoms with E-state index in [1.165, 1.54) is 0 Å². The Bertz CT molecular complexity index is 783. The highest BCUT2D eigenvalue weighted by molar-refractivity contribution is 6.04. The van der Waals surface area contributed by atoms with E-state index in [-0.39, 0.29) is 5.91 Å². The minimum atomic E-state index is -1.09. The summed E-state index contributed by atoms with van der Waals surface area (Å²) in [5.74, 6) is 0.204. The average Bonchev–Trinajstić information content (AvgIpc) is 3.11. The second-order valence-corrected chi connectivity index (χ2v) is 7.37. The van der Waals surface area contributed by atoms with E-state index < -0.39 is 11.1 Å². The predicted molar refractivity (Wildman–Crippen MR) is 87.8 cm³/mol. The van der Waals surface area contributed by atoms with Gasteiger partial charge in [-0.2, -0.15) is 0 Å². The highest BCUT2D eigenvalue weighted by Crippen LogP contribution is 2.39. The van der Waals surface area contributed by atoms with Crippen molar-refractivity contribution in [3.63, 3.8) is 0 Å². The minimum absolute atomic E-state index is 0.267. The van der Waals surface area contributed by atoms with Gasteiger partial charge in [-0.25, -0.2) is 9.97 Å². The first kappa shape index (κ1) is 15.5. The topological polar surface area (TPSA) is 100 Å². The van der Waals surface area contributed by atoms with Gasteiger partial charge in [-0.3, -0.25) is 4.79 Å². The number of carbonyl (C=O) groups excluding carboxylic acids is 1. The Morgan fingerprint density at radius 1 is 1.50 bits per heavy atom. The Hall–Kier alpha value is -1.99. The minimum Gasteiger partial charge on any atom is -0.388 e. The lowest BCUT2D eigenvalue weighted by Gasteiger charge is -2.39. The lowest BCUT2D eigenvalue weighted by molar-refractivity contribution is -0.0237. The average molecular weight is 330 g/mol. The third kappa shape index (κ3) is 2.48. The maximum absolute atomic E-state index is 12.9. The summed E-state index contributed by atoms with van der Waals surface area (Å²) in [6.45, 7) is 4.21. The molecule has 24 heavy (non-hydrogen) atoms. The van der Waals surface area contributed by atoms with E-state index in [1.54, 1.807) is 26.2 Å². The molecule has 0 aromatic carbocycles. The van der Waals surface area contributed by atoms with Gasteiger partial charge in [-0.05, 0) is 33.1 Å². The summed E-state index contributed by atoms with van der Waals surface area (Å²) >= 11 is 0. The molecule has 0 bridgehead atoms. The predicted octanol–water partition coefficient (Wildman–Crippen LogP) is 1.50. The molecule has 1 saturated carbocycles. The zero-order valence-electron chi connectivity index (χ0n) is 13.9. The Labute approximate surface area is 139 Å². The first-order valence-corrected chi connectivity index (χ1v) is 8.36. The van der Waals surface area contributed by atoms with Gasteiger partial charge in [0.1, 0.15) is 5.52 Å². The molecule has 0 spiro atoms. The molecule has 2 aromatic heterocycles. The number of amides is 1. The van der Waals surface area contributed by atoms with Crippen LogP contribution in [0.3, 0.4) is 0 Å². The van der Waals surface area contributed by atoms with E-state index in [9.17, 15) is 9.90 Å². The zero-order chi connectivity index (χ0) is 16.9. The van der Waals surface area contributed by atoms with Crippen molar-refractivity contribution in [1.29, 1.82) is 0 Å². The summed E-state index contributed by atoms with van der Waals surface area (Å²) in [6.07, 6.45) is 6.24. The lowest BCUT2D eigenvalue weighted by atomic mass is 9.81. The number of ether oxygens (including phenoxy) is 1. The smallest absolute Gasteiger partial charge is 0.255 e. The molecule has 0 radical (unpaired) electrons. The van der Waals surface area contributed by atoms with Crippen LogP contribution in [0, 0.1) is 0 Å². The van der Waals surface area contributed by atoms with Gasteiger partial charge in [0, 0.05) is 18.7 Å². The third-order valence-corrected chi connectivity index (χ3v) is 5.19. The molecule has 2 aromatic rings. The molecular weight excluding hydrogens is 308 g/mol. The fourth-order valence-electron chi connectivity index (χ4n) is 3.24. The van der Waals surface area contributed by atoms with Crippen molar-refractivity contribution < 1.29 is 14.6 Å². The molecule has 3 N–H and O–H groups in total. The molecule has 3 heterocycles. The first-order chi connectivity index (χ1) is 11.4. The van der Waals surface area contributed by atoms with Crippen LogP contribution in [0.15, 0.2) is 12.4 Å². The van der Waals surface area contributed by atoms with Gasteiger partial charge in [-0.15, -0.1) is 0 Å². The van der Waals surface area contributed by atoms with Gasteiger partial charge in [0.05, 0.1) is 35.2 Å². The van der Waals surface area contributed by atoms with Crippen LogP contribution >= 0.6 is 0 Å². The summed E-state index contributed by atoms with van der Waals surface area (Å²) in [7, 11) is 0. The molecule has 7 heteroatoms. The third-order valence-electron chi connectivity index (χ3n) is 5.19. The van der Waals surface area contributed by atoms with E-state index in [0.29, 0.717) is 42.3 Å². The highest BCUT2D eigenvalue weighted by Gasteiger charge is 2.48. The number of rotatable bonds is 4. The maximum atomic E-state index is 12.9. The monoisotopic (exact) mass is 330 g/mol. The van der Waals surface area contributed by atoms with E-state index in [4.69, 9.17) is 4.74 Å². The fourth-order valence-corrected chi connectivity index (χ4v) is 3.24. The van der Waals surface area contributed by atoms with Crippen LogP contribution in [0.1, 0.15) is 55.1 Å². The van der Waals surface area contributed by atoms with Crippen molar-refractivity contribution in [2.45, 2.75) is 50.2 Å². The standard InChI is InChI=1S/C17H22N4O3/c1-16(2,23)17(5-6-24-9-17)21-15(22)11-7-18-14-13(11)20-12(8-19-14)10-3-4-10/h7-8,10,23H,3-6,9H2,1-2H3,(H,18,19)(H,21,22). The van der Waals surface area contributed by atoms with Gasteiger partial charge in [0.25, 0.3) is 5.91 Å². The molecule has 7 nitrogen and oxygen atoms in total. The molecular formula is C17H22N4O3. The van der Waals surface area contributed by atoms with Crippen molar-refractivity contribution in [3.05, 3.63) is 23.7 Å². The molecule has 4 rings (SSSR count). The summed E-state index contributed by atoms with van der Waals surface area (Å²) in [4.78, 5) is 24.9. The zero-order valence-corrected chi connectivity index (χ0v) is 13.9. The van der Waals surface area contributed by atoms with Crippen molar-refractivity contribution >= 4 is 17.1 Å². The van der Waals surface area contributed by atoms with Crippen LogP contribution in [0.2, 0.25) is 0 Å².